The van der Waals surface area contributed by atoms with E-state index >= 15 is 0 Å². The predicted molar refractivity (Wildman–Crippen MR) is 41.8 cm³/mol. The lowest BCUT2D eigenvalue weighted by Gasteiger charge is -2.39. The van der Waals surface area contributed by atoms with Gasteiger partial charge >= 0.3 is 12.4 Å². The predicted octanol–water partition coefficient (Wildman–Crippen LogP) is 2.76. The zero-order valence-electron chi connectivity index (χ0n) is 8.35. The van der Waals surface area contributed by atoms with Crippen molar-refractivity contribution >= 4 is 0 Å². The fraction of sp³-hybridized carbons (Fsp3) is 1.00. The maximum absolute atomic E-state index is 12.9. The lowest BCUT2D eigenvalue weighted by molar-refractivity contribution is -0.393. The highest BCUT2D eigenvalue weighted by Gasteiger charge is 2.92. The van der Waals surface area contributed by atoms with E-state index in [1.807, 2.05) is 0 Å². The summed E-state index contributed by atoms with van der Waals surface area (Å²) < 4.78 is 82.0. The molecule has 1 nitrogen and oxygen atoms in total. The molecule has 1 saturated heterocycles. The summed E-state index contributed by atoms with van der Waals surface area (Å²) in [6.45, 7) is 0. The second kappa shape index (κ2) is 2.33. The number of ether oxygens (including phenoxy) is 1. The number of rotatable bonds is 0. The standard InChI is InChI=1S/C10H8F6O/c11-9(12,13)8(10(14,15)16)6-3-1-2-4(6)5(2)7(3)17-8/h2-7H,1H2/t2?,3-,4?,5?,6?,7?/m1/s1. The molecule has 0 aromatic rings. The van der Waals surface area contributed by atoms with Gasteiger partial charge in [0.25, 0.3) is 5.60 Å². The monoisotopic (exact) mass is 258 g/mol. The van der Waals surface area contributed by atoms with Crippen molar-refractivity contribution in [3.8, 4) is 0 Å². The van der Waals surface area contributed by atoms with E-state index in [1.54, 1.807) is 0 Å². The molecule has 1 heterocycles. The van der Waals surface area contributed by atoms with Gasteiger partial charge in [0.1, 0.15) is 0 Å². The molecular formula is C10H8F6O. The third kappa shape index (κ3) is 0.831. The maximum atomic E-state index is 12.9. The zero-order valence-corrected chi connectivity index (χ0v) is 8.35. The van der Waals surface area contributed by atoms with Gasteiger partial charge in [-0.15, -0.1) is 0 Å². The first-order valence-corrected chi connectivity index (χ1v) is 5.51. The van der Waals surface area contributed by atoms with E-state index in [4.69, 9.17) is 0 Å². The fourth-order valence-electron chi connectivity index (χ4n) is 4.79. The molecular weight excluding hydrogens is 250 g/mol. The van der Waals surface area contributed by atoms with E-state index in [-0.39, 0.29) is 11.8 Å². The first kappa shape index (κ1) is 10.5. The van der Waals surface area contributed by atoms with Crippen molar-refractivity contribution < 1.29 is 31.1 Å². The molecule has 6 bridgehead atoms. The number of hydrogen-bond acceptors (Lipinski definition) is 1. The van der Waals surface area contributed by atoms with Gasteiger partial charge in [0.05, 0.1) is 6.10 Å². The maximum Gasteiger partial charge on any atom is 0.426 e. The Morgan fingerprint density at radius 2 is 1.47 bits per heavy atom. The molecule has 0 N–H and O–H groups in total. The van der Waals surface area contributed by atoms with E-state index < -0.39 is 41.8 Å². The highest BCUT2D eigenvalue weighted by molar-refractivity contribution is 5.31. The Morgan fingerprint density at radius 1 is 0.882 bits per heavy atom. The van der Waals surface area contributed by atoms with Crippen molar-refractivity contribution in [1.82, 2.24) is 0 Å². The van der Waals surface area contributed by atoms with Gasteiger partial charge in [0.15, 0.2) is 0 Å². The molecule has 6 atom stereocenters. The van der Waals surface area contributed by atoms with Crippen LogP contribution in [0.1, 0.15) is 6.42 Å². The molecule has 0 aromatic carbocycles. The first-order chi connectivity index (χ1) is 7.70. The van der Waals surface area contributed by atoms with Crippen LogP contribution in [0.25, 0.3) is 0 Å². The summed E-state index contributed by atoms with van der Waals surface area (Å²) in [5, 5.41) is 0. The minimum absolute atomic E-state index is 0.0252. The lowest BCUT2D eigenvalue weighted by Crippen LogP contribution is -2.62. The normalized spacial score (nSPS) is 53.3. The Hall–Kier alpha value is -0.460. The van der Waals surface area contributed by atoms with Crippen LogP contribution in [0.5, 0.6) is 0 Å². The molecule has 1 aliphatic heterocycles. The summed E-state index contributed by atoms with van der Waals surface area (Å²) in [6, 6.07) is 0. The van der Waals surface area contributed by atoms with Crippen molar-refractivity contribution in [1.29, 1.82) is 0 Å². The Balaban J connectivity index is 1.86. The molecule has 0 aromatic heterocycles. The first-order valence-electron chi connectivity index (χ1n) is 5.51. The molecule has 0 radical (unpaired) electrons. The van der Waals surface area contributed by atoms with Gasteiger partial charge in [-0.1, -0.05) is 0 Å². The molecule has 5 aliphatic rings. The molecule has 4 saturated carbocycles. The van der Waals surface area contributed by atoms with Crippen LogP contribution in [0.2, 0.25) is 0 Å². The molecule has 5 rings (SSSR count). The van der Waals surface area contributed by atoms with Crippen LogP contribution in [0.4, 0.5) is 26.3 Å². The topological polar surface area (TPSA) is 9.23 Å². The minimum atomic E-state index is -5.37. The van der Waals surface area contributed by atoms with Crippen LogP contribution < -0.4 is 0 Å². The van der Waals surface area contributed by atoms with Crippen molar-refractivity contribution in [2.75, 3.05) is 0 Å². The van der Waals surface area contributed by atoms with Gasteiger partial charge in [-0.2, -0.15) is 26.3 Å². The number of alkyl halides is 6. The van der Waals surface area contributed by atoms with Gasteiger partial charge in [0, 0.05) is 5.92 Å². The van der Waals surface area contributed by atoms with E-state index in [9.17, 15) is 26.3 Å². The van der Waals surface area contributed by atoms with Crippen LogP contribution >= 0.6 is 0 Å². The van der Waals surface area contributed by atoms with Gasteiger partial charge in [-0.05, 0) is 30.1 Å². The Morgan fingerprint density at radius 3 is 1.82 bits per heavy atom. The second-order valence-electron chi connectivity index (χ2n) is 5.56. The summed E-state index contributed by atoms with van der Waals surface area (Å²) >= 11 is 0. The Labute approximate surface area is 92.1 Å². The molecule has 4 aliphatic carbocycles. The third-order valence-electron chi connectivity index (χ3n) is 5.15. The molecule has 0 amide bonds. The summed E-state index contributed by atoms with van der Waals surface area (Å²) in [5.41, 5.74) is -3.89. The van der Waals surface area contributed by atoms with Gasteiger partial charge in [-0.3, -0.25) is 0 Å². The summed E-state index contributed by atoms with van der Waals surface area (Å²) in [7, 11) is 0. The van der Waals surface area contributed by atoms with Gasteiger partial charge in [0.2, 0.25) is 0 Å². The van der Waals surface area contributed by atoms with E-state index in [2.05, 4.69) is 4.74 Å². The van der Waals surface area contributed by atoms with Crippen LogP contribution in [-0.2, 0) is 4.74 Å². The van der Waals surface area contributed by atoms with Gasteiger partial charge in [-0.25, -0.2) is 0 Å². The fourth-order valence-corrected chi connectivity index (χ4v) is 4.79. The van der Waals surface area contributed by atoms with Crippen molar-refractivity contribution in [3.05, 3.63) is 0 Å². The SMILES string of the molecule is FC(F)(F)C1(C(F)(F)F)OC2C3C4C[C@@H]2C1C43. The minimum Gasteiger partial charge on any atom is -0.354 e. The second-order valence-corrected chi connectivity index (χ2v) is 5.56. The number of halogens is 6. The highest BCUT2D eigenvalue weighted by Crippen LogP contribution is 2.83. The molecule has 0 spiro atoms. The Kier molecular flexibility index (Phi) is 1.43. The van der Waals surface area contributed by atoms with E-state index in [1.165, 1.54) is 0 Å². The van der Waals surface area contributed by atoms with Crippen LogP contribution in [0.15, 0.2) is 0 Å². The van der Waals surface area contributed by atoms with Crippen molar-refractivity contribution in [2.45, 2.75) is 30.5 Å². The summed E-state index contributed by atoms with van der Waals surface area (Å²) in [5.74, 6) is -2.29. The molecule has 5 fully saturated rings. The van der Waals surface area contributed by atoms with Crippen molar-refractivity contribution in [3.63, 3.8) is 0 Å². The van der Waals surface area contributed by atoms with Crippen LogP contribution in [0.3, 0.4) is 0 Å². The molecule has 7 heteroatoms. The van der Waals surface area contributed by atoms with E-state index in [0.717, 1.165) is 0 Å². The smallest absolute Gasteiger partial charge is 0.354 e. The summed E-state index contributed by atoms with van der Waals surface area (Å²) in [6.07, 6.45) is -11.1. The lowest BCUT2D eigenvalue weighted by atomic mass is 9.81. The zero-order chi connectivity index (χ0) is 12.4. The average Bonchev–Trinajstić information content (AvgIpc) is 2.50. The largest absolute Gasteiger partial charge is 0.426 e. The Bertz CT molecular complexity index is 385. The summed E-state index contributed by atoms with van der Waals surface area (Å²) in [4.78, 5) is 0. The van der Waals surface area contributed by atoms with Crippen LogP contribution in [0, 0.1) is 29.6 Å². The highest BCUT2D eigenvalue weighted by atomic mass is 19.4. The molecule has 17 heavy (non-hydrogen) atoms. The van der Waals surface area contributed by atoms with E-state index in [0.29, 0.717) is 6.42 Å². The molecule has 5 unspecified atom stereocenters. The van der Waals surface area contributed by atoms with Gasteiger partial charge < -0.3 is 4.74 Å². The average molecular weight is 258 g/mol. The molecule has 96 valence electrons. The third-order valence-corrected chi connectivity index (χ3v) is 5.15. The number of hydrogen-bond donors (Lipinski definition) is 0. The van der Waals surface area contributed by atoms with Crippen molar-refractivity contribution in [2.24, 2.45) is 29.6 Å². The van der Waals surface area contributed by atoms with Crippen LogP contribution in [-0.4, -0.2) is 24.1 Å². The quantitative estimate of drug-likeness (QED) is 0.607.